The van der Waals surface area contributed by atoms with Crippen LogP contribution in [-0.4, -0.2) is 15.5 Å². The molecule has 0 unspecified atom stereocenters. The summed E-state index contributed by atoms with van der Waals surface area (Å²) in [7, 11) is 2.11. The Bertz CT molecular complexity index is 1470. The van der Waals surface area contributed by atoms with Crippen molar-refractivity contribution in [2.24, 2.45) is 7.05 Å². The fourth-order valence-electron chi connectivity index (χ4n) is 4.63. The van der Waals surface area contributed by atoms with Crippen LogP contribution in [-0.2, 0) is 20.1 Å². The van der Waals surface area contributed by atoms with Crippen LogP contribution in [0.15, 0.2) is 90.3 Å². The fourth-order valence-corrected chi connectivity index (χ4v) is 5.47. The number of nitrogens with one attached hydrogen (secondary N) is 1. The molecule has 3 aromatic carbocycles. The summed E-state index contributed by atoms with van der Waals surface area (Å²) in [6.07, 6.45) is 0. The first kappa shape index (κ1) is 22.9. The third kappa shape index (κ3) is 4.60. The monoisotopic (exact) mass is 479 g/mol. The number of nitrogens with zero attached hydrogens (tertiary/aromatic N) is 2. The summed E-state index contributed by atoms with van der Waals surface area (Å²) in [5.41, 5.74) is 7.69. The molecule has 2 heterocycles. The number of anilines is 1. The molecule has 0 bridgehead atoms. The number of fused-ring (bicyclic) bond motifs is 1. The number of rotatable bonds is 6. The molecule has 2 aromatic heterocycles. The first-order valence-corrected chi connectivity index (χ1v) is 12.7. The lowest BCUT2D eigenvalue weighted by Crippen LogP contribution is -2.34. The van der Waals surface area contributed by atoms with Crippen molar-refractivity contribution in [3.8, 4) is 10.6 Å². The number of amides is 2. The highest BCUT2D eigenvalue weighted by molar-refractivity contribution is 7.13. The Labute approximate surface area is 210 Å². The van der Waals surface area contributed by atoms with Crippen molar-refractivity contribution in [3.63, 3.8) is 0 Å². The van der Waals surface area contributed by atoms with Crippen molar-refractivity contribution in [1.29, 1.82) is 0 Å². The van der Waals surface area contributed by atoms with Gasteiger partial charge < -0.3 is 14.8 Å². The maximum absolute atomic E-state index is 13.7. The molecule has 1 N–H and O–H groups in total. The van der Waals surface area contributed by atoms with Gasteiger partial charge in [0.15, 0.2) is 0 Å². The minimum absolute atomic E-state index is 0.104. The van der Waals surface area contributed by atoms with E-state index in [2.05, 4.69) is 83.8 Å². The molecule has 0 saturated carbocycles. The molecule has 5 heteroatoms. The van der Waals surface area contributed by atoms with Gasteiger partial charge in [-0.1, -0.05) is 66.7 Å². The fraction of sp³-hybridized carbons (Fsp3) is 0.167. The van der Waals surface area contributed by atoms with Gasteiger partial charge in [-0.15, -0.1) is 11.3 Å². The predicted molar refractivity (Wildman–Crippen MR) is 147 cm³/mol. The quantitative estimate of drug-likeness (QED) is 0.265. The molecule has 5 aromatic rings. The first-order valence-electron chi connectivity index (χ1n) is 11.8. The molecule has 0 atom stereocenters. The molecule has 0 aliphatic carbocycles. The topological polar surface area (TPSA) is 37.3 Å². The average Bonchev–Trinajstić information content (AvgIpc) is 3.49. The maximum atomic E-state index is 13.7. The Morgan fingerprint density at radius 1 is 0.886 bits per heavy atom. The number of carbonyl (C=O) groups excluding carboxylic acids is 1. The Kier molecular flexibility index (Phi) is 6.43. The molecule has 0 spiro atoms. The summed E-state index contributed by atoms with van der Waals surface area (Å²) in [6.45, 7) is 5.13. The molecule has 0 saturated heterocycles. The van der Waals surface area contributed by atoms with E-state index < -0.39 is 0 Å². The summed E-state index contributed by atoms with van der Waals surface area (Å²) in [5.74, 6) is 0. The van der Waals surface area contributed by atoms with Gasteiger partial charge in [-0.05, 0) is 54.1 Å². The zero-order valence-electron chi connectivity index (χ0n) is 20.3. The van der Waals surface area contributed by atoms with Gasteiger partial charge in [-0.2, -0.15) is 0 Å². The minimum atomic E-state index is -0.104. The molecule has 0 radical (unpaired) electrons. The van der Waals surface area contributed by atoms with Gasteiger partial charge in [0.2, 0.25) is 0 Å². The van der Waals surface area contributed by atoms with Gasteiger partial charge >= 0.3 is 6.03 Å². The summed E-state index contributed by atoms with van der Waals surface area (Å²) in [6, 6.07) is 28.8. The molecule has 0 fully saturated rings. The Hall–Kier alpha value is -3.83. The average molecular weight is 480 g/mol. The SMILES string of the molecule is Cc1cccc(NC(=O)N(Cc2ccccc2)Cc2c(-c3cccs3)n(C)c3ccccc23)c1C. The lowest BCUT2D eigenvalue weighted by atomic mass is 10.1. The predicted octanol–water partition coefficient (Wildman–Crippen LogP) is 7.76. The van der Waals surface area contributed by atoms with E-state index in [4.69, 9.17) is 0 Å². The zero-order valence-corrected chi connectivity index (χ0v) is 21.1. The molecule has 176 valence electrons. The number of hydrogen-bond donors (Lipinski definition) is 1. The number of para-hydroxylation sites is 1. The first-order chi connectivity index (χ1) is 17.0. The number of hydrogen-bond acceptors (Lipinski definition) is 2. The van der Waals surface area contributed by atoms with Gasteiger partial charge in [-0.3, -0.25) is 0 Å². The van der Waals surface area contributed by atoms with Gasteiger partial charge in [0, 0.05) is 35.7 Å². The molecule has 0 aliphatic rings. The summed E-state index contributed by atoms with van der Waals surface area (Å²) in [4.78, 5) is 16.9. The number of carbonyl (C=O) groups is 1. The lowest BCUT2D eigenvalue weighted by Gasteiger charge is -2.25. The van der Waals surface area contributed by atoms with Crippen LogP contribution >= 0.6 is 11.3 Å². The number of thiophene rings is 1. The van der Waals surface area contributed by atoms with Crippen molar-refractivity contribution >= 4 is 34.0 Å². The molecular formula is C30H29N3OS. The van der Waals surface area contributed by atoms with Crippen molar-refractivity contribution in [2.45, 2.75) is 26.9 Å². The minimum Gasteiger partial charge on any atom is -0.343 e. The van der Waals surface area contributed by atoms with Crippen molar-refractivity contribution in [3.05, 3.63) is 113 Å². The van der Waals surface area contributed by atoms with Crippen LogP contribution in [0.3, 0.4) is 0 Å². The van der Waals surface area contributed by atoms with Crippen LogP contribution in [0.5, 0.6) is 0 Å². The maximum Gasteiger partial charge on any atom is 0.322 e. The largest absolute Gasteiger partial charge is 0.343 e. The molecule has 35 heavy (non-hydrogen) atoms. The lowest BCUT2D eigenvalue weighted by molar-refractivity contribution is 0.206. The van der Waals surface area contributed by atoms with Crippen molar-refractivity contribution < 1.29 is 4.79 Å². The Balaban J connectivity index is 1.57. The zero-order chi connectivity index (χ0) is 24.4. The smallest absolute Gasteiger partial charge is 0.322 e. The molecule has 0 aliphatic heterocycles. The number of aromatic nitrogens is 1. The van der Waals surface area contributed by atoms with E-state index in [1.807, 2.05) is 42.2 Å². The van der Waals surface area contributed by atoms with Crippen LogP contribution < -0.4 is 5.32 Å². The highest BCUT2D eigenvalue weighted by atomic mass is 32.1. The highest BCUT2D eigenvalue weighted by Gasteiger charge is 2.23. The van der Waals surface area contributed by atoms with Crippen molar-refractivity contribution in [1.82, 2.24) is 9.47 Å². The molecule has 2 amide bonds. The molecule has 4 nitrogen and oxygen atoms in total. The third-order valence-electron chi connectivity index (χ3n) is 6.67. The van der Waals surface area contributed by atoms with Gasteiger partial charge in [0.1, 0.15) is 0 Å². The summed E-state index contributed by atoms with van der Waals surface area (Å²) >= 11 is 1.73. The van der Waals surface area contributed by atoms with E-state index in [0.717, 1.165) is 27.9 Å². The van der Waals surface area contributed by atoms with Crippen LogP contribution in [0.4, 0.5) is 10.5 Å². The van der Waals surface area contributed by atoms with E-state index in [0.29, 0.717) is 13.1 Å². The van der Waals surface area contributed by atoms with Gasteiger partial charge in [-0.25, -0.2) is 4.79 Å². The third-order valence-corrected chi connectivity index (χ3v) is 7.54. The van der Waals surface area contributed by atoms with E-state index in [1.165, 1.54) is 21.5 Å². The summed E-state index contributed by atoms with van der Waals surface area (Å²) < 4.78 is 2.25. The Morgan fingerprint density at radius 2 is 1.66 bits per heavy atom. The van der Waals surface area contributed by atoms with Gasteiger partial charge in [0.05, 0.1) is 17.1 Å². The highest BCUT2D eigenvalue weighted by Crippen LogP contribution is 2.36. The van der Waals surface area contributed by atoms with E-state index in [-0.39, 0.29) is 6.03 Å². The second-order valence-electron chi connectivity index (χ2n) is 8.90. The van der Waals surface area contributed by atoms with E-state index >= 15 is 0 Å². The Morgan fingerprint density at radius 3 is 2.43 bits per heavy atom. The second kappa shape index (κ2) is 9.80. The summed E-state index contributed by atoms with van der Waals surface area (Å²) in [5, 5.41) is 6.46. The van der Waals surface area contributed by atoms with Crippen LogP contribution in [0.2, 0.25) is 0 Å². The standard InChI is InChI=1S/C30H29N3OS/c1-21-11-9-15-26(22(21)2)31-30(34)33(19-23-12-5-4-6-13-23)20-25-24-14-7-8-16-27(24)32(3)29(25)28-17-10-18-35-28/h4-18H,19-20H2,1-3H3,(H,31,34). The molecule has 5 rings (SSSR count). The van der Waals surface area contributed by atoms with Crippen LogP contribution in [0.25, 0.3) is 21.5 Å². The normalized spacial score (nSPS) is 11.1. The van der Waals surface area contributed by atoms with Crippen LogP contribution in [0.1, 0.15) is 22.3 Å². The number of urea groups is 1. The van der Waals surface area contributed by atoms with Gasteiger partial charge in [0.25, 0.3) is 0 Å². The van der Waals surface area contributed by atoms with E-state index in [9.17, 15) is 4.79 Å². The molecular weight excluding hydrogens is 450 g/mol. The number of benzene rings is 3. The van der Waals surface area contributed by atoms with E-state index in [1.54, 1.807) is 11.3 Å². The van der Waals surface area contributed by atoms with Crippen molar-refractivity contribution in [2.75, 3.05) is 5.32 Å². The van der Waals surface area contributed by atoms with Crippen LogP contribution in [0, 0.1) is 13.8 Å². The number of aryl methyl sites for hydroxylation is 2. The second-order valence-corrected chi connectivity index (χ2v) is 9.85.